The van der Waals surface area contributed by atoms with Crippen molar-refractivity contribution in [3.05, 3.63) is 71.8 Å². The molecular weight excluding hydrogens is 342 g/mol. The molecule has 1 amide bonds. The first-order valence-corrected chi connectivity index (χ1v) is 8.73. The first-order valence-electron chi connectivity index (χ1n) is 8.73. The van der Waals surface area contributed by atoms with Gasteiger partial charge in [0.15, 0.2) is 0 Å². The standard InChI is InChI=1S/C20H19N5O2/c1-13(2)18-17-8-15(9-21-20(17)27-24-18)19(26)23-16-10-22-25(12-16)11-14-6-4-3-5-7-14/h3-10,12-13H,11H2,1-2H3,(H,23,26). The molecule has 3 aromatic heterocycles. The second-order valence-electron chi connectivity index (χ2n) is 6.67. The van der Waals surface area contributed by atoms with Gasteiger partial charge in [-0.15, -0.1) is 0 Å². The first kappa shape index (κ1) is 17.0. The summed E-state index contributed by atoms with van der Waals surface area (Å²) in [5, 5.41) is 12.0. The van der Waals surface area contributed by atoms with Crippen LogP contribution in [0.15, 0.2) is 59.5 Å². The molecule has 0 aliphatic carbocycles. The number of nitrogens with one attached hydrogen (secondary N) is 1. The summed E-state index contributed by atoms with van der Waals surface area (Å²) in [4.78, 5) is 16.8. The summed E-state index contributed by atoms with van der Waals surface area (Å²) in [6, 6.07) is 11.8. The molecule has 0 aliphatic rings. The van der Waals surface area contributed by atoms with E-state index in [4.69, 9.17) is 4.52 Å². The number of amides is 1. The molecule has 0 fully saturated rings. The highest BCUT2D eigenvalue weighted by Gasteiger charge is 2.16. The van der Waals surface area contributed by atoms with Gasteiger partial charge in [-0.05, 0) is 17.5 Å². The second kappa shape index (κ2) is 7.03. The van der Waals surface area contributed by atoms with E-state index in [-0.39, 0.29) is 11.8 Å². The highest BCUT2D eigenvalue weighted by Crippen LogP contribution is 2.24. The monoisotopic (exact) mass is 361 g/mol. The van der Waals surface area contributed by atoms with Crippen LogP contribution in [0.3, 0.4) is 0 Å². The molecule has 1 N–H and O–H groups in total. The third-order valence-electron chi connectivity index (χ3n) is 4.25. The number of carbonyl (C=O) groups is 1. The van der Waals surface area contributed by atoms with Crippen molar-refractivity contribution in [2.75, 3.05) is 5.32 Å². The van der Waals surface area contributed by atoms with Gasteiger partial charge < -0.3 is 9.84 Å². The maximum atomic E-state index is 12.6. The summed E-state index contributed by atoms with van der Waals surface area (Å²) >= 11 is 0. The fourth-order valence-electron chi connectivity index (χ4n) is 2.88. The predicted octanol–water partition coefficient (Wildman–Crippen LogP) is 3.84. The van der Waals surface area contributed by atoms with Crippen LogP contribution in [-0.2, 0) is 6.54 Å². The molecule has 7 heteroatoms. The number of nitrogens with zero attached hydrogens (tertiary/aromatic N) is 4. The average Bonchev–Trinajstić information content (AvgIpc) is 3.28. The zero-order valence-corrected chi connectivity index (χ0v) is 15.1. The Balaban J connectivity index is 1.51. The minimum Gasteiger partial charge on any atom is -0.336 e. The smallest absolute Gasteiger partial charge is 0.257 e. The lowest BCUT2D eigenvalue weighted by atomic mass is 10.1. The molecule has 0 atom stereocenters. The maximum absolute atomic E-state index is 12.6. The van der Waals surface area contributed by atoms with Gasteiger partial charge in [-0.2, -0.15) is 5.10 Å². The van der Waals surface area contributed by atoms with Crippen molar-refractivity contribution >= 4 is 22.7 Å². The molecular formula is C20H19N5O2. The van der Waals surface area contributed by atoms with Crippen molar-refractivity contribution in [1.29, 1.82) is 0 Å². The second-order valence-corrected chi connectivity index (χ2v) is 6.67. The van der Waals surface area contributed by atoms with Crippen molar-refractivity contribution in [3.8, 4) is 0 Å². The summed E-state index contributed by atoms with van der Waals surface area (Å²) in [7, 11) is 0. The minimum atomic E-state index is -0.250. The number of rotatable bonds is 5. The summed E-state index contributed by atoms with van der Waals surface area (Å²) in [6.45, 7) is 4.68. The quantitative estimate of drug-likeness (QED) is 0.584. The third-order valence-corrected chi connectivity index (χ3v) is 4.25. The van der Waals surface area contributed by atoms with Gasteiger partial charge in [0, 0.05) is 12.4 Å². The highest BCUT2D eigenvalue weighted by molar-refractivity contribution is 6.05. The lowest BCUT2D eigenvalue weighted by molar-refractivity contribution is 0.102. The Bertz CT molecular complexity index is 1080. The summed E-state index contributed by atoms with van der Waals surface area (Å²) < 4.78 is 7.00. The van der Waals surface area contributed by atoms with Crippen LogP contribution in [0.5, 0.6) is 0 Å². The Morgan fingerprint density at radius 3 is 2.81 bits per heavy atom. The highest BCUT2D eigenvalue weighted by atomic mass is 16.5. The van der Waals surface area contributed by atoms with Crippen LogP contribution in [0, 0.1) is 0 Å². The number of hydrogen-bond donors (Lipinski definition) is 1. The van der Waals surface area contributed by atoms with E-state index in [1.54, 1.807) is 23.1 Å². The Labute approximate surface area is 156 Å². The van der Waals surface area contributed by atoms with Gasteiger partial charge in [-0.3, -0.25) is 9.48 Å². The zero-order valence-electron chi connectivity index (χ0n) is 15.1. The van der Waals surface area contributed by atoms with E-state index in [1.165, 1.54) is 6.20 Å². The van der Waals surface area contributed by atoms with Crippen molar-refractivity contribution in [2.45, 2.75) is 26.3 Å². The lowest BCUT2D eigenvalue weighted by Gasteiger charge is -2.03. The maximum Gasteiger partial charge on any atom is 0.257 e. The van der Waals surface area contributed by atoms with E-state index in [0.717, 1.165) is 16.6 Å². The molecule has 0 aliphatic heterocycles. The van der Waals surface area contributed by atoms with Crippen LogP contribution in [-0.4, -0.2) is 25.8 Å². The van der Waals surface area contributed by atoms with Crippen LogP contribution in [0.2, 0.25) is 0 Å². The molecule has 0 spiro atoms. The molecule has 1 aromatic carbocycles. The van der Waals surface area contributed by atoms with E-state index in [9.17, 15) is 4.79 Å². The fourth-order valence-corrected chi connectivity index (χ4v) is 2.88. The number of aromatic nitrogens is 4. The van der Waals surface area contributed by atoms with Gasteiger partial charge in [0.25, 0.3) is 11.6 Å². The van der Waals surface area contributed by atoms with E-state index in [2.05, 4.69) is 20.6 Å². The molecule has 0 saturated carbocycles. The van der Waals surface area contributed by atoms with Crippen molar-refractivity contribution in [1.82, 2.24) is 19.9 Å². The molecule has 4 rings (SSSR count). The van der Waals surface area contributed by atoms with Gasteiger partial charge in [-0.1, -0.05) is 49.3 Å². The summed E-state index contributed by atoms with van der Waals surface area (Å²) in [6.07, 6.45) is 4.92. The van der Waals surface area contributed by atoms with E-state index in [0.29, 0.717) is 23.5 Å². The Hall–Kier alpha value is -3.48. The largest absolute Gasteiger partial charge is 0.336 e. The Kier molecular flexibility index (Phi) is 4.42. The molecule has 27 heavy (non-hydrogen) atoms. The van der Waals surface area contributed by atoms with Gasteiger partial charge >= 0.3 is 0 Å². The molecule has 0 saturated heterocycles. The number of benzene rings is 1. The number of carbonyl (C=O) groups excluding carboxylic acids is 1. The topological polar surface area (TPSA) is 85.8 Å². The van der Waals surface area contributed by atoms with Gasteiger partial charge in [0.05, 0.1) is 35.1 Å². The van der Waals surface area contributed by atoms with Crippen LogP contribution in [0.1, 0.15) is 41.4 Å². The average molecular weight is 361 g/mol. The summed E-state index contributed by atoms with van der Waals surface area (Å²) in [5.41, 5.74) is 3.45. The van der Waals surface area contributed by atoms with Crippen molar-refractivity contribution < 1.29 is 9.32 Å². The van der Waals surface area contributed by atoms with E-state index in [1.807, 2.05) is 44.2 Å². The predicted molar refractivity (Wildman–Crippen MR) is 102 cm³/mol. The van der Waals surface area contributed by atoms with Crippen LogP contribution in [0.25, 0.3) is 11.1 Å². The molecule has 3 heterocycles. The van der Waals surface area contributed by atoms with Crippen LogP contribution >= 0.6 is 0 Å². The van der Waals surface area contributed by atoms with Gasteiger partial charge in [0.2, 0.25) is 0 Å². The van der Waals surface area contributed by atoms with Crippen molar-refractivity contribution in [3.63, 3.8) is 0 Å². The zero-order chi connectivity index (χ0) is 18.8. The fraction of sp³-hybridized carbons (Fsp3) is 0.200. The van der Waals surface area contributed by atoms with Crippen LogP contribution in [0.4, 0.5) is 5.69 Å². The molecule has 7 nitrogen and oxygen atoms in total. The summed E-state index contributed by atoms with van der Waals surface area (Å²) in [5.74, 6) is -0.0675. The molecule has 0 unspecified atom stereocenters. The normalized spacial score (nSPS) is 11.2. The van der Waals surface area contributed by atoms with Crippen LogP contribution < -0.4 is 5.32 Å². The Morgan fingerprint density at radius 2 is 2.04 bits per heavy atom. The van der Waals surface area contributed by atoms with Gasteiger partial charge in [0.1, 0.15) is 0 Å². The minimum absolute atomic E-state index is 0.183. The molecule has 0 radical (unpaired) electrons. The number of fused-ring (bicyclic) bond motifs is 1. The Morgan fingerprint density at radius 1 is 1.22 bits per heavy atom. The van der Waals surface area contributed by atoms with Gasteiger partial charge in [-0.25, -0.2) is 4.98 Å². The molecule has 4 aromatic rings. The molecule has 136 valence electrons. The van der Waals surface area contributed by atoms with E-state index < -0.39 is 0 Å². The first-order chi connectivity index (χ1) is 13.1. The van der Waals surface area contributed by atoms with Crippen molar-refractivity contribution in [2.24, 2.45) is 0 Å². The lowest BCUT2D eigenvalue weighted by Crippen LogP contribution is -2.11. The number of pyridine rings is 1. The number of hydrogen-bond acceptors (Lipinski definition) is 5. The molecule has 0 bridgehead atoms. The third kappa shape index (κ3) is 3.57. The SMILES string of the molecule is CC(C)c1noc2ncc(C(=O)Nc3cnn(Cc4ccccc4)c3)cc12. The van der Waals surface area contributed by atoms with E-state index >= 15 is 0 Å². The number of anilines is 1.